The van der Waals surface area contributed by atoms with Gasteiger partial charge in [0.1, 0.15) is 0 Å². The highest BCUT2D eigenvalue weighted by Gasteiger charge is 2.24. The Labute approximate surface area is 121 Å². The molecule has 0 spiro atoms. The van der Waals surface area contributed by atoms with Gasteiger partial charge in [-0.2, -0.15) is 0 Å². The molecule has 1 aliphatic rings. The molecular formula is C16H25NO3. The quantitative estimate of drug-likeness (QED) is 0.869. The van der Waals surface area contributed by atoms with E-state index in [2.05, 4.69) is 5.32 Å². The summed E-state index contributed by atoms with van der Waals surface area (Å²) in [6.07, 6.45) is 5.20. The van der Waals surface area contributed by atoms with E-state index in [4.69, 9.17) is 14.2 Å². The van der Waals surface area contributed by atoms with E-state index in [0.29, 0.717) is 18.8 Å². The molecule has 0 radical (unpaired) electrons. The van der Waals surface area contributed by atoms with Gasteiger partial charge in [0, 0.05) is 6.04 Å². The lowest BCUT2D eigenvalue weighted by Crippen LogP contribution is -2.41. The number of likely N-dealkylation sites (N-methyl/N-ethyl adjacent to an activating group) is 1. The Hall–Kier alpha value is -1.26. The average Bonchev–Trinajstić information content (AvgIpc) is 2.52. The zero-order valence-corrected chi connectivity index (χ0v) is 12.6. The van der Waals surface area contributed by atoms with E-state index in [-0.39, 0.29) is 0 Å². The van der Waals surface area contributed by atoms with Crippen LogP contribution in [-0.2, 0) is 11.3 Å². The van der Waals surface area contributed by atoms with Gasteiger partial charge < -0.3 is 19.5 Å². The van der Waals surface area contributed by atoms with Crippen LogP contribution >= 0.6 is 0 Å². The molecule has 2 unspecified atom stereocenters. The van der Waals surface area contributed by atoms with Crippen LogP contribution in [0.3, 0.4) is 0 Å². The van der Waals surface area contributed by atoms with E-state index < -0.39 is 0 Å². The van der Waals surface area contributed by atoms with Crippen molar-refractivity contribution in [2.24, 2.45) is 0 Å². The van der Waals surface area contributed by atoms with Gasteiger partial charge in [0.05, 0.1) is 26.9 Å². The summed E-state index contributed by atoms with van der Waals surface area (Å²) in [4.78, 5) is 0. The minimum absolute atomic E-state index is 0.307. The Morgan fingerprint density at radius 1 is 1.10 bits per heavy atom. The van der Waals surface area contributed by atoms with Gasteiger partial charge in [-0.15, -0.1) is 0 Å². The predicted molar refractivity (Wildman–Crippen MR) is 79.4 cm³/mol. The highest BCUT2D eigenvalue weighted by Crippen LogP contribution is 2.28. The van der Waals surface area contributed by atoms with Gasteiger partial charge in [0.2, 0.25) is 0 Å². The van der Waals surface area contributed by atoms with Crippen LogP contribution in [0, 0.1) is 0 Å². The molecule has 1 N–H and O–H groups in total. The molecule has 1 aliphatic carbocycles. The van der Waals surface area contributed by atoms with Crippen molar-refractivity contribution in [3.05, 3.63) is 23.8 Å². The fourth-order valence-corrected chi connectivity index (χ4v) is 2.80. The maximum atomic E-state index is 6.09. The van der Waals surface area contributed by atoms with Crippen LogP contribution in [0.15, 0.2) is 18.2 Å². The largest absolute Gasteiger partial charge is 0.493 e. The van der Waals surface area contributed by atoms with Crippen LogP contribution in [0.1, 0.15) is 31.2 Å². The average molecular weight is 279 g/mol. The van der Waals surface area contributed by atoms with Crippen molar-refractivity contribution in [2.75, 3.05) is 21.3 Å². The molecular weight excluding hydrogens is 254 g/mol. The Bertz CT molecular complexity index is 422. The SMILES string of the molecule is CNC1CCCCC1OCc1ccc(OC)c(OC)c1. The molecule has 1 aromatic rings. The third-order valence-corrected chi connectivity index (χ3v) is 3.99. The highest BCUT2D eigenvalue weighted by atomic mass is 16.5. The summed E-state index contributed by atoms with van der Waals surface area (Å²) in [5.41, 5.74) is 1.11. The van der Waals surface area contributed by atoms with Gasteiger partial charge in [0.25, 0.3) is 0 Å². The molecule has 0 aromatic heterocycles. The standard InChI is InChI=1S/C16H25NO3/c1-17-13-6-4-5-7-14(13)20-11-12-8-9-15(18-2)16(10-12)19-3/h8-10,13-14,17H,4-7,11H2,1-3H3. The summed E-state index contributed by atoms with van der Waals surface area (Å²) in [6.45, 7) is 0.614. The van der Waals surface area contributed by atoms with Crippen molar-refractivity contribution < 1.29 is 14.2 Å². The van der Waals surface area contributed by atoms with Gasteiger partial charge in [-0.3, -0.25) is 0 Å². The fourth-order valence-electron chi connectivity index (χ4n) is 2.80. The molecule has 1 aromatic carbocycles. The molecule has 2 atom stereocenters. The molecule has 2 rings (SSSR count). The van der Waals surface area contributed by atoms with E-state index in [1.54, 1.807) is 14.2 Å². The molecule has 1 fully saturated rings. The molecule has 112 valence electrons. The highest BCUT2D eigenvalue weighted by molar-refractivity contribution is 5.42. The van der Waals surface area contributed by atoms with E-state index in [9.17, 15) is 0 Å². The van der Waals surface area contributed by atoms with Crippen LogP contribution in [0.25, 0.3) is 0 Å². The second-order valence-corrected chi connectivity index (χ2v) is 5.22. The summed E-state index contributed by atoms with van der Waals surface area (Å²) in [5.74, 6) is 1.50. The van der Waals surface area contributed by atoms with Gasteiger partial charge in [-0.1, -0.05) is 18.9 Å². The van der Waals surface area contributed by atoms with Crippen LogP contribution < -0.4 is 14.8 Å². The van der Waals surface area contributed by atoms with Crippen molar-refractivity contribution in [3.8, 4) is 11.5 Å². The van der Waals surface area contributed by atoms with E-state index in [1.165, 1.54) is 19.3 Å². The number of rotatable bonds is 6. The number of nitrogens with one attached hydrogen (secondary N) is 1. The minimum Gasteiger partial charge on any atom is -0.493 e. The lowest BCUT2D eigenvalue weighted by atomic mass is 9.92. The maximum absolute atomic E-state index is 6.09. The third-order valence-electron chi connectivity index (χ3n) is 3.99. The summed E-state index contributed by atoms with van der Waals surface area (Å²) < 4.78 is 16.6. The Morgan fingerprint density at radius 3 is 2.55 bits per heavy atom. The predicted octanol–water partition coefficient (Wildman–Crippen LogP) is 2.75. The number of methoxy groups -OCH3 is 2. The molecule has 20 heavy (non-hydrogen) atoms. The Balaban J connectivity index is 1.96. The lowest BCUT2D eigenvalue weighted by molar-refractivity contribution is -0.00368. The molecule has 0 aliphatic heterocycles. The summed E-state index contributed by atoms with van der Waals surface area (Å²) in [5, 5.41) is 3.36. The van der Waals surface area contributed by atoms with Crippen molar-refractivity contribution >= 4 is 0 Å². The molecule has 4 nitrogen and oxygen atoms in total. The van der Waals surface area contributed by atoms with Crippen molar-refractivity contribution in [2.45, 2.75) is 44.4 Å². The fraction of sp³-hybridized carbons (Fsp3) is 0.625. The van der Waals surface area contributed by atoms with Crippen molar-refractivity contribution in [3.63, 3.8) is 0 Å². The lowest BCUT2D eigenvalue weighted by Gasteiger charge is -2.31. The van der Waals surface area contributed by atoms with Crippen LogP contribution in [0.2, 0.25) is 0 Å². The van der Waals surface area contributed by atoms with Crippen molar-refractivity contribution in [1.29, 1.82) is 0 Å². The van der Waals surface area contributed by atoms with Gasteiger partial charge in [-0.05, 0) is 37.6 Å². The summed E-state index contributed by atoms with van der Waals surface area (Å²) in [6, 6.07) is 6.41. The zero-order chi connectivity index (χ0) is 14.4. The summed E-state index contributed by atoms with van der Waals surface area (Å²) in [7, 11) is 5.32. The first-order chi connectivity index (χ1) is 9.78. The second-order valence-electron chi connectivity index (χ2n) is 5.22. The zero-order valence-electron chi connectivity index (χ0n) is 12.6. The van der Waals surface area contributed by atoms with E-state index in [0.717, 1.165) is 23.5 Å². The first-order valence-corrected chi connectivity index (χ1v) is 7.28. The second kappa shape index (κ2) is 7.50. The van der Waals surface area contributed by atoms with Gasteiger partial charge in [-0.25, -0.2) is 0 Å². The first-order valence-electron chi connectivity index (χ1n) is 7.28. The maximum Gasteiger partial charge on any atom is 0.161 e. The molecule has 0 amide bonds. The van der Waals surface area contributed by atoms with Gasteiger partial charge >= 0.3 is 0 Å². The monoisotopic (exact) mass is 279 g/mol. The third kappa shape index (κ3) is 3.64. The van der Waals surface area contributed by atoms with Crippen molar-refractivity contribution in [1.82, 2.24) is 5.32 Å². The van der Waals surface area contributed by atoms with Crippen LogP contribution in [-0.4, -0.2) is 33.4 Å². The van der Waals surface area contributed by atoms with Gasteiger partial charge in [0.15, 0.2) is 11.5 Å². The van der Waals surface area contributed by atoms with Crippen LogP contribution in [0.4, 0.5) is 0 Å². The topological polar surface area (TPSA) is 39.7 Å². The molecule has 1 saturated carbocycles. The molecule has 0 bridgehead atoms. The number of benzene rings is 1. The number of hydrogen-bond acceptors (Lipinski definition) is 4. The number of ether oxygens (including phenoxy) is 3. The Kier molecular flexibility index (Phi) is 5.68. The van der Waals surface area contributed by atoms with E-state index in [1.807, 2.05) is 25.2 Å². The van der Waals surface area contributed by atoms with Crippen LogP contribution in [0.5, 0.6) is 11.5 Å². The molecule has 4 heteroatoms. The minimum atomic E-state index is 0.307. The van der Waals surface area contributed by atoms with E-state index >= 15 is 0 Å². The Morgan fingerprint density at radius 2 is 1.85 bits per heavy atom. The first kappa shape index (κ1) is 15.1. The number of hydrogen-bond donors (Lipinski definition) is 1. The molecule has 0 saturated heterocycles. The normalized spacial score (nSPS) is 22.6. The summed E-state index contributed by atoms with van der Waals surface area (Å²) >= 11 is 0. The smallest absolute Gasteiger partial charge is 0.161 e. The molecule has 0 heterocycles.